The second-order valence-corrected chi connectivity index (χ2v) is 7.17. The third-order valence-electron chi connectivity index (χ3n) is 4.56. The number of carbonyl (C=O) groups excluding carboxylic acids is 1. The number of aromatic nitrogens is 2. The van der Waals surface area contributed by atoms with Gasteiger partial charge in [0, 0.05) is 31.4 Å². The predicted molar refractivity (Wildman–Crippen MR) is 107 cm³/mol. The van der Waals surface area contributed by atoms with Crippen molar-refractivity contribution < 1.29 is 22.7 Å². The highest BCUT2D eigenvalue weighted by molar-refractivity contribution is 5.92. The van der Waals surface area contributed by atoms with Crippen LogP contribution in [0.3, 0.4) is 0 Å². The van der Waals surface area contributed by atoms with Crippen molar-refractivity contribution in [3.05, 3.63) is 72.1 Å². The number of alkyl halides is 2. The first-order chi connectivity index (χ1) is 14.2. The average molecular weight is 417 g/mol. The van der Waals surface area contributed by atoms with Gasteiger partial charge in [-0.25, -0.2) is 9.37 Å². The largest absolute Gasteiger partial charge is 0.435 e. The fourth-order valence-electron chi connectivity index (χ4n) is 3.09. The molecule has 0 aliphatic carbocycles. The van der Waals surface area contributed by atoms with E-state index in [9.17, 15) is 18.0 Å². The Morgan fingerprint density at radius 3 is 2.60 bits per heavy atom. The van der Waals surface area contributed by atoms with Gasteiger partial charge in [-0.1, -0.05) is 18.2 Å². The molecule has 0 fully saturated rings. The van der Waals surface area contributed by atoms with Crippen LogP contribution in [0.1, 0.15) is 29.9 Å². The highest BCUT2D eigenvalue weighted by Crippen LogP contribution is 2.28. The molecule has 0 saturated carbocycles. The molecule has 0 aliphatic rings. The van der Waals surface area contributed by atoms with Crippen LogP contribution in [0, 0.1) is 5.82 Å². The van der Waals surface area contributed by atoms with Gasteiger partial charge < -0.3 is 14.2 Å². The molecule has 5 nitrogen and oxygen atoms in total. The van der Waals surface area contributed by atoms with Crippen LogP contribution in [0.5, 0.6) is 5.75 Å². The first-order valence-corrected chi connectivity index (χ1v) is 9.37. The van der Waals surface area contributed by atoms with Gasteiger partial charge in [-0.2, -0.15) is 8.78 Å². The van der Waals surface area contributed by atoms with Gasteiger partial charge in [0.05, 0.1) is 6.33 Å². The lowest BCUT2D eigenvalue weighted by molar-refractivity contribution is -0.0498. The van der Waals surface area contributed by atoms with Crippen LogP contribution in [0.4, 0.5) is 13.2 Å². The smallest absolute Gasteiger partial charge is 0.387 e. The summed E-state index contributed by atoms with van der Waals surface area (Å²) >= 11 is 0. The average Bonchev–Trinajstić information content (AvgIpc) is 3.12. The number of benzene rings is 2. The van der Waals surface area contributed by atoms with Gasteiger partial charge in [-0.3, -0.25) is 4.79 Å². The highest BCUT2D eigenvalue weighted by Gasteiger charge is 2.21. The molecular formula is C22H22F3N3O2. The van der Waals surface area contributed by atoms with Crippen LogP contribution in [0.25, 0.3) is 11.1 Å². The Hall–Kier alpha value is -3.29. The van der Waals surface area contributed by atoms with E-state index in [1.807, 2.05) is 13.8 Å². The molecule has 0 saturated heterocycles. The van der Waals surface area contributed by atoms with E-state index in [1.54, 1.807) is 47.2 Å². The quantitative estimate of drug-likeness (QED) is 0.551. The molecule has 158 valence electrons. The molecule has 1 aromatic heterocycles. The normalized spacial score (nSPS) is 11.2. The minimum atomic E-state index is -2.96. The molecule has 3 rings (SSSR count). The SMILES string of the molecule is CC(C)N(Cc1ccc(F)c(-c2cccc(OC(F)F)c2)c1)C(=O)c1cn(C)cn1. The van der Waals surface area contributed by atoms with E-state index in [0.29, 0.717) is 16.8 Å². The summed E-state index contributed by atoms with van der Waals surface area (Å²) in [5.41, 5.74) is 1.66. The van der Waals surface area contributed by atoms with Gasteiger partial charge in [0.2, 0.25) is 0 Å². The van der Waals surface area contributed by atoms with Gasteiger partial charge in [-0.05, 0) is 49.2 Å². The lowest BCUT2D eigenvalue weighted by atomic mass is 10.0. The number of amides is 1. The monoisotopic (exact) mass is 417 g/mol. The third-order valence-corrected chi connectivity index (χ3v) is 4.56. The molecule has 1 amide bonds. The van der Waals surface area contributed by atoms with E-state index in [0.717, 1.165) is 0 Å². The summed E-state index contributed by atoms with van der Waals surface area (Å²) in [7, 11) is 1.78. The maximum absolute atomic E-state index is 14.5. The van der Waals surface area contributed by atoms with Gasteiger partial charge in [0.25, 0.3) is 5.91 Å². The van der Waals surface area contributed by atoms with Crippen molar-refractivity contribution in [3.63, 3.8) is 0 Å². The number of carbonyl (C=O) groups is 1. The van der Waals surface area contributed by atoms with Crippen LogP contribution in [0.2, 0.25) is 0 Å². The minimum absolute atomic E-state index is 0.0542. The molecule has 0 spiro atoms. The van der Waals surface area contributed by atoms with Crippen molar-refractivity contribution >= 4 is 5.91 Å². The number of ether oxygens (including phenoxy) is 1. The summed E-state index contributed by atoms with van der Waals surface area (Å²) in [6, 6.07) is 10.3. The van der Waals surface area contributed by atoms with Crippen molar-refractivity contribution in [1.29, 1.82) is 0 Å². The Bertz CT molecular complexity index is 1030. The number of hydrogen-bond donors (Lipinski definition) is 0. The number of hydrogen-bond acceptors (Lipinski definition) is 3. The summed E-state index contributed by atoms with van der Waals surface area (Å²) in [4.78, 5) is 18.6. The lowest BCUT2D eigenvalue weighted by Crippen LogP contribution is -2.36. The van der Waals surface area contributed by atoms with Crippen molar-refractivity contribution in [2.75, 3.05) is 0 Å². The van der Waals surface area contributed by atoms with Crippen molar-refractivity contribution in [3.8, 4) is 16.9 Å². The van der Waals surface area contributed by atoms with Gasteiger partial charge in [0.15, 0.2) is 0 Å². The van der Waals surface area contributed by atoms with Crippen molar-refractivity contribution in [2.45, 2.75) is 33.0 Å². The second-order valence-electron chi connectivity index (χ2n) is 7.17. The van der Waals surface area contributed by atoms with Crippen LogP contribution in [0.15, 0.2) is 55.0 Å². The predicted octanol–water partition coefficient (Wildman–Crippen LogP) is 4.88. The van der Waals surface area contributed by atoms with E-state index in [1.165, 1.54) is 24.3 Å². The first-order valence-electron chi connectivity index (χ1n) is 9.37. The standard InChI is InChI=1S/C22H22F3N3O2/c1-14(2)28(21(29)20-12-27(3)13-26-20)11-15-7-8-19(23)18(9-15)16-5-4-6-17(10-16)30-22(24)25/h4-10,12-14,22H,11H2,1-3H3. The Kier molecular flexibility index (Phi) is 6.44. The Morgan fingerprint density at radius 2 is 1.97 bits per heavy atom. The van der Waals surface area contributed by atoms with Crippen LogP contribution < -0.4 is 4.74 Å². The van der Waals surface area contributed by atoms with E-state index in [-0.39, 0.29) is 29.8 Å². The zero-order valence-corrected chi connectivity index (χ0v) is 16.8. The Labute approximate surface area is 172 Å². The van der Waals surface area contributed by atoms with E-state index >= 15 is 0 Å². The van der Waals surface area contributed by atoms with Crippen LogP contribution >= 0.6 is 0 Å². The molecule has 1 heterocycles. The molecule has 8 heteroatoms. The number of nitrogens with zero attached hydrogens (tertiary/aromatic N) is 3. The van der Waals surface area contributed by atoms with Gasteiger partial charge in [0.1, 0.15) is 17.3 Å². The summed E-state index contributed by atoms with van der Waals surface area (Å²) in [6.45, 7) is 1.05. The van der Waals surface area contributed by atoms with E-state index in [2.05, 4.69) is 9.72 Å². The topological polar surface area (TPSA) is 47.4 Å². The molecular weight excluding hydrogens is 395 g/mol. The third kappa shape index (κ3) is 5.00. The number of imidazole rings is 1. The zero-order valence-electron chi connectivity index (χ0n) is 16.8. The first kappa shape index (κ1) is 21.4. The van der Waals surface area contributed by atoms with Crippen molar-refractivity contribution in [2.24, 2.45) is 7.05 Å². The molecule has 3 aromatic rings. The minimum Gasteiger partial charge on any atom is -0.435 e. The Balaban J connectivity index is 1.89. The zero-order chi connectivity index (χ0) is 21.8. The molecule has 30 heavy (non-hydrogen) atoms. The highest BCUT2D eigenvalue weighted by atomic mass is 19.3. The van der Waals surface area contributed by atoms with Gasteiger partial charge >= 0.3 is 6.61 Å². The fraction of sp³-hybridized carbons (Fsp3) is 0.273. The van der Waals surface area contributed by atoms with E-state index < -0.39 is 12.4 Å². The summed E-state index contributed by atoms with van der Waals surface area (Å²) in [6.07, 6.45) is 3.19. The second kappa shape index (κ2) is 9.02. The molecule has 0 bridgehead atoms. The molecule has 0 aliphatic heterocycles. The summed E-state index contributed by atoms with van der Waals surface area (Å²) < 4.78 is 45.6. The molecule has 0 atom stereocenters. The maximum atomic E-state index is 14.5. The number of halogens is 3. The van der Waals surface area contributed by atoms with Crippen LogP contribution in [-0.4, -0.2) is 33.0 Å². The Morgan fingerprint density at radius 1 is 1.20 bits per heavy atom. The van der Waals surface area contributed by atoms with Crippen LogP contribution in [-0.2, 0) is 13.6 Å². The number of aryl methyl sites for hydroxylation is 1. The molecule has 2 aromatic carbocycles. The molecule has 0 unspecified atom stereocenters. The van der Waals surface area contributed by atoms with Crippen molar-refractivity contribution in [1.82, 2.24) is 14.5 Å². The fourth-order valence-corrected chi connectivity index (χ4v) is 3.09. The molecule has 0 radical (unpaired) electrons. The summed E-state index contributed by atoms with van der Waals surface area (Å²) in [5, 5.41) is 0. The lowest BCUT2D eigenvalue weighted by Gasteiger charge is -2.26. The van der Waals surface area contributed by atoms with E-state index in [4.69, 9.17) is 0 Å². The number of rotatable bonds is 7. The summed E-state index contributed by atoms with van der Waals surface area (Å²) in [5.74, 6) is -0.787. The van der Waals surface area contributed by atoms with Gasteiger partial charge in [-0.15, -0.1) is 0 Å². The maximum Gasteiger partial charge on any atom is 0.387 e. The molecule has 0 N–H and O–H groups in total.